The number of nitrogens with zero attached hydrogens (tertiary/aromatic N) is 3. The highest BCUT2D eigenvalue weighted by atomic mass is 16.2. The first kappa shape index (κ1) is 18.0. The second-order valence-corrected chi connectivity index (χ2v) is 10.0. The highest BCUT2D eigenvalue weighted by molar-refractivity contribution is 5.82. The van der Waals surface area contributed by atoms with Gasteiger partial charge in [-0.2, -0.15) is 0 Å². The average molecular weight is 383 g/mol. The van der Waals surface area contributed by atoms with Gasteiger partial charge in [-0.3, -0.25) is 9.78 Å². The van der Waals surface area contributed by atoms with E-state index in [1.165, 1.54) is 12.0 Å². The minimum Gasteiger partial charge on any atom is -0.342 e. The van der Waals surface area contributed by atoms with Gasteiger partial charge in [-0.15, -0.1) is 0 Å². The normalized spacial score (nSPS) is 28.8. The van der Waals surface area contributed by atoms with Gasteiger partial charge in [0.05, 0.1) is 0 Å². The molecule has 1 spiro atoms. The average Bonchev–Trinajstić information content (AvgIpc) is 3.47. The van der Waals surface area contributed by atoms with E-state index in [-0.39, 0.29) is 17.4 Å². The van der Waals surface area contributed by atoms with E-state index in [9.17, 15) is 9.59 Å². The van der Waals surface area contributed by atoms with Crippen molar-refractivity contribution in [1.82, 2.24) is 20.1 Å². The van der Waals surface area contributed by atoms with Crippen molar-refractivity contribution in [2.45, 2.75) is 52.6 Å². The lowest BCUT2D eigenvalue weighted by atomic mass is 9.90. The molecule has 5 rings (SSSR count). The molecule has 2 atom stereocenters. The van der Waals surface area contributed by atoms with Crippen molar-refractivity contribution in [3.05, 3.63) is 29.6 Å². The first-order valence-corrected chi connectivity index (χ1v) is 10.6. The zero-order chi connectivity index (χ0) is 19.5. The van der Waals surface area contributed by atoms with Crippen LogP contribution in [0.5, 0.6) is 0 Å². The molecule has 3 fully saturated rings. The maximum absolute atomic E-state index is 12.6. The minimum atomic E-state index is 0.0295. The Balaban J connectivity index is 1.07. The van der Waals surface area contributed by atoms with Gasteiger partial charge in [-0.1, -0.05) is 13.8 Å². The van der Waals surface area contributed by atoms with Crippen LogP contribution < -0.4 is 5.32 Å². The van der Waals surface area contributed by atoms with E-state index in [0.717, 1.165) is 44.5 Å². The molecule has 6 heteroatoms. The van der Waals surface area contributed by atoms with Crippen LogP contribution in [0.25, 0.3) is 0 Å². The number of likely N-dealkylation sites (tertiary alicyclic amines) is 1. The molecule has 1 N–H and O–H groups in total. The van der Waals surface area contributed by atoms with Crippen LogP contribution in [0.15, 0.2) is 18.5 Å². The lowest BCUT2D eigenvalue weighted by Gasteiger charge is -2.33. The van der Waals surface area contributed by atoms with Crippen molar-refractivity contribution in [3.63, 3.8) is 0 Å². The van der Waals surface area contributed by atoms with E-state index < -0.39 is 0 Å². The fourth-order valence-electron chi connectivity index (χ4n) is 5.30. The second-order valence-electron chi connectivity index (χ2n) is 10.0. The van der Waals surface area contributed by atoms with Crippen LogP contribution in [0.3, 0.4) is 0 Å². The Morgan fingerprint density at radius 2 is 1.86 bits per heavy atom. The number of fused-ring (bicyclic) bond motifs is 1. The molecule has 3 heterocycles. The number of urea groups is 1. The smallest absolute Gasteiger partial charge is 0.318 e. The maximum atomic E-state index is 12.6. The molecule has 2 aliphatic carbocycles. The molecule has 1 aromatic rings. The summed E-state index contributed by atoms with van der Waals surface area (Å²) < 4.78 is 0. The summed E-state index contributed by atoms with van der Waals surface area (Å²) in [6.45, 7) is 8.25. The molecule has 1 saturated heterocycles. The molecule has 4 aliphatic rings. The Hall–Kier alpha value is -2.11. The van der Waals surface area contributed by atoms with Gasteiger partial charge in [-0.25, -0.2) is 4.79 Å². The Morgan fingerprint density at radius 1 is 1.14 bits per heavy atom. The summed E-state index contributed by atoms with van der Waals surface area (Å²) in [5.74, 6) is 1.18. The molecular formula is C22H30N4O2. The summed E-state index contributed by atoms with van der Waals surface area (Å²) in [6.07, 6.45) is 8.05. The van der Waals surface area contributed by atoms with Gasteiger partial charge < -0.3 is 15.1 Å². The van der Waals surface area contributed by atoms with Crippen molar-refractivity contribution >= 4 is 11.9 Å². The highest BCUT2D eigenvalue weighted by Crippen LogP contribution is 2.60. The molecule has 3 amide bonds. The summed E-state index contributed by atoms with van der Waals surface area (Å²) in [5, 5.41) is 3.15. The third kappa shape index (κ3) is 3.07. The van der Waals surface area contributed by atoms with E-state index in [0.29, 0.717) is 30.3 Å². The molecule has 0 bridgehead atoms. The molecular weight excluding hydrogens is 352 g/mol. The molecule has 2 aliphatic heterocycles. The Bertz CT molecular complexity index is 788. The van der Waals surface area contributed by atoms with Crippen LogP contribution in [0.1, 0.15) is 50.7 Å². The number of piperidine rings is 1. The molecule has 1 aromatic heterocycles. The second kappa shape index (κ2) is 6.19. The first-order valence-electron chi connectivity index (χ1n) is 10.6. The molecule has 150 valence electrons. The summed E-state index contributed by atoms with van der Waals surface area (Å²) in [4.78, 5) is 33.2. The summed E-state index contributed by atoms with van der Waals surface area (Å²) >= 11 is 0. The van der Waals surface area contributed by atoms with E-state index in [2.05, 4.69) is 29.0 Å². The highest BCUT2D eigenvalue weighted by Gasteiger charge is 2.57. The van der Waals surface area contributed by atoms with Crippen LogP contribution >= 0.6 is 0 Å². The monoisotopic (exact) mass is 382 g/mol. The van der Waals surface area contributed by atoms with Gasteiger partial charge in [-0.05, 0) is 59.6 Å². The Morgan fingerprint density at radius 3 is 2.54 bits per heavy atom. The largest absolute Gasteiger partial charge is 0.342 e. The number of nitrogens with one attached hydrogen (secondary N) is 1. The molecule has 0 aromatic carbocycles. The summed E-state index contributed by atoms with van der Waals surface area (Å²) in [6, 6.07) is 2.03. The summed E-state index contributed by atoms with van der Waals surface area (Å²) in [5.41, 5.74) is 2.92. The molecule has 0 radical (unpaired) electrons. The van der Waals surface area contributed by atoms with Gasteiger partial charge in [0.2, 0.25) is 5.91 Å². The van der Waals surface area contributed by atoms with Crippen LogP contribution in [0, 0.1) is 22.7 Å². The van der Waals surface area contributed by atoms with E-state index in [1.54, 1.807) is 6.20 Å². The molecule has 2 unspecified atom stereocenters. The molecule has 2 saturated carbocycles. The number of carbonyl (C=O) groups is 2. The zero-order valence-electron chi connectivity index (χ0n) is 16.9. The standard InChI is InChI=1S/C22H30N4O2/c1-21(2)10-18(21)19(27)25-7-4-22(5-8-25)9-17(22)12-24-20(28)26-13-15-3-6-23-11-16(15)14-26/h3,6,11,17-18H,4-5,7-10,12-14H2,1-2H3,(H,24,28). The van der Waals surface area contributed by atoms with Gasteiger partial charge in [0, 0.05) is 51.0 Å². The third-order valence-corrected chi connectivity index (χ3v) is 7.76. The lowest BCUT2D eigenvalue weighted by Crippen LogP contribution is -2.42. The predicted octanol–water partition coefficient (Wildman–Crippen LogP) is 2.78. The van der Waals surface area contributed by atoms with Crippen LogP contribution in [-0.2, 0) is 17.9 Å². The fraction of sp³-hybridized carbons (Fsp3) is 0.682. The van der Waals surface area contributed by atoms with Crippen molar-refractivity contribution in [3.8, 4) is 0 Å². The predicted molar refractivity (Wildman–Crippen MR) is 105 cm³/mol. The Labute approximate surface area is 166 Å². The first-order chi connectivity index (χ1) is 13.4. The maximum Gasteiger partial charge on any atom is 0.318 e. The van der Waals surface area contributed by atoms with Crippen molar-refractivity contribution in [2.24, 2.45) is 22.7 Å². The minimum absolute atomic E-state index is 0.0295. The summed E-state index contributed by atoms with van der Waals surface area (Å²) in [7, 11) is 0. The number of hydrogen-bond donors (Lipinski definition) is 1. The third-order valence-electron chi connectivity index (χ3n) is 7.76. The molecule has 28 heavy (non-hydrogen) atoms. The van der Waals surface area contributed by atoms with E-state index >= 15 is 0 Å². The fourth-order valence-corrected chi connectivity index (χ4v) is 5.30. The van der Waals surface area contributed by atoms with Gasteiger partial charge >= 0.3 is 6.03 Å². The zero-order valence-corrected chi connectivity index (χ0v) is 16.9. The Kier molecular flexibility index (Phi) is 3.97. The lowest BCUT2D eigenvalue weighted by molar-refractivity contribution is -0.135. The number of amides is 3. The van der Waals surface area contributed by atoms with Gasteiger partial charge in [0.15, 0.2) is 0 Å². The van der Waals surface area contributed by atoms with Crippen molar-refractivity contribution in [1.29, 1.82) is 0 Å². The number of hydrogen-bond acceptors (Lipinski definition) is 3. The number of carbonyl (C=O) groups excluding carboxylic acids is 2. The van der Waals surface area contributed by atoms with Gasteiger partial charge in [0.25, 0.3) is 0 Å². The van der Waals surface area contributed by atoms with Crippen molar-refractivity contribution in [2.75, 3.05) is 19.6 Å². The van der Waals surface area contributed by atoms with Crippen LogP contribution in [0.4, 0.5) is 4.79 Å². The molecule has 6 nitrogen and oxygen atoms in total. The van der Waals surface area contributed by atoms with Crippen molar-refractivity contribution < 1.29 is 9.59 Å². The topological polar surface area (TPSA) is 65.5 Å². The number of aromatic nitrogens is 1. The number of rotatable bonds is 3. The van der Waals surface area contributed by atoms with E-state index in [1.807, 2.05) is 17.2 Å². The van der Waals surface area contributed by atoms with Crippen LogP contribution in [0.2, 0.25) is 0 Å². The van der Waals surface area contributed by atoms with Gasteiger partial charge in [0.1, 0.15) is 0 Å². The quantitative estimate of drug-likeness (QED) is 0.874. The van der Waals surface area contributed by atoms with E-state index in [4.69, 9.17) is 0 Å². The SMILES string of the molecule is CC1(C)CC1C(=O)N1CCC2(CC1)CC2CNC(=O)N1Cc2ccncc2C1. The number of pyridine rings is 1. The van der Waals surface area contributed by atoms with Crippen LogP contribution in [-0.4, -0.2) is 46.4 Å².